The van der Waals surface area contributed by atoms with E-state index in [4.69, 9.17) is 0 Å². The minimum Gasteiger partial charge on any atom is -0.336 e. The SMILES string of the molecule is CC1c2cc(F)ccc2CCN1C(=O)CCc1ccc(S(=O)(=O)NC2CC2)cc1. The van der Waals surface area contributed by atoms with Crippen molar-refractivity contribution >= 4 is 15.9 Å². The molecule has 154 valence electrons. The second-order valence-electron chi connectivity index (χ2n) is 7.90. The number of aryl methyl sites for hydroxylation is 1. The van der Waals surface area contributed by atoms with Gasteiger partial charge >= 0.3 is 0 Å². The molecule has 1 unspecified atom stereocenters. The molecule has 1 aliphatic carbocycles. The van der Waals surface area contributed by atoms with Gasteiger partial charge < -0.3 is 4.90 Å². The van der Waals surface area contributed by atoms with Gasteiger partial charge in [-0.15, -0.1) is 0 Å². The van der Waals surface area contributed by atoms with Gasteiger partial charge in [-0.2, -0.15) is 0 Å². The topological polar surface area (TPSA) is 66.5 Å². The van der Waals surface area contributed by atoms with Gasteiger partial charge in [0.1, 0.15) is 5.82 Å². The fourth-order valence-corrected chi connectivity index (χ4v) is 5.15. The van der Waals surface area contributed by atoms with E-state index in [0.29, 0.717) is 19.4 Å². The third kappa shape index (κ3) is 4.51. The van der Waals surface area contributed by atoms with Crippen LogP contribution in [0.15, 0.2) is 47.4 Å². The maximum absolute atomic E-state index is 13.6. The molecule has 0 bridgehead atoms. The maximum atomic E-state index is 13.6. The lowest BCUT2D eigenvalue weighted by Gasteiger charge is -2.35. The molecule has 5 nitrogen and oxygen atoms in total. The fourth-order valence-electron chi connectivity index (χ4n) is 3.84. The molecule has 1 N–H and O–H groups in total. The summed E-state index contributed by atoms with van der Waals surface area (Å²) < 4.78 is 40.7. The standard InChI is InChI=1S/C22H25FN2O3S/c1-15-21-14-18(23)6-5-17(21)12-13-25(15)22(26)11-4-16-2-9-20(10-3-16)29(27,28)24-19-7-8-19/h2-3,5-6,9-10,14-15,19,24H,4,7-8,11-13H2,1H3. The highest BCUT2D eigenvalue weighted by Crippen LogP contribution is 2.30. The second kappa shape index (κ2) is 7.88. The number of carbonyl (C=O) groups is 1. The van der Waals surface area contributed by atoms with E-state index < -0.39 is 10.0 Å². The summed E-state index contributed by atoms with van der Waals surface area (Å²) in [6.45, 7) is 2.56. The Kier molecular flexibility index (Phi) is 5.44. The summed E-state index contributed by atoms with van der Waals surface area (Å²) in [5, 5.41) is 0. The normalized spacial score (nSPS) is 19.1. The Hall–Kier alpha value is -2.25. The first kappa shape index (κ1) is 20.0. The highest BCUT2D eigenvalue weighted by molar-refractivity contribution is 7.89. The minimum atomic E-state index is -3.46. The predicted molar refractivity (Wildman–Crippen MR) is 108 cm³/mol. The number of sulfonamides is 1. The van der Waals surface area contributed by atoms with Crippen LogP contribution in [0.25, 0.3) is 0 Å². The van der Waals surface area contributed by atoms with E-state index in [2.05, 4.69) is 4.72 Å². The first-order valence-corrected chi connectivity index (χ1v) is 11.5. The van der Waals surface area contributed by atoms with Crippen molar-refractivity contribution in [3.63, 3.8) is 0 Å². The first-order chi connectivity index (χ1) is 13.8. The van der Waals surface area contributed by atoms with Gasteiger partial charge in [-0.3, -0.25) is 4.79 Å². The van der Waals surface area contributed by atoms with Gasteiger partial charge in [-0.25, -0.2) is 17.5 Å². The highest BCUT2D eigenvalue weighted by Gasteiger charge is 2.29. The lowest BCUT2D eigenvalue weighted by Crippen LogP contribution is -2.39. The smallest absolute Gasteiger partial charge is 0.240 e. The van der Waals surface area contributed by atoms with Crippen molar-refractivity contribution in [2.24, 2.45) is 0 Å². The molecule has 1 saturated carbocycles. The average molecular weight is 417 g/mol. The van der Waals surface area contributed by atoms with Crippen LogP contribution in [0.2, 0.25) is 0 Å². The number of carbonyl (C=O) groups excluding carboxylic acids is 1. The zero-order chi connectivity index (χ0) is 20.6. The summed E-state index contributed by atoms with van der Waals surface area (Å²) in [5.74, 6) is -0.254. The van der Waals surface area contributed by atoms with Crippen LogP contribution < -0.4 is 4.72 Å². The van der Waals surface area contributed by atoms with Gasteiger partial charge in [0.05, 0.1) is 10.9 Å². The number of hydrogen-bond acceptors (Lipinski definition) is 3. The van der Waals surface area contributed by atoms with Crippen molar-refractivity contribution < 1.29 is 17.6 Å². The predicted octanol–water partition coefficient (Wildman–Crippen LogP) is 3.34. The lowest BCUT2D eigenvalue weighted by atomic mass is 9.93. The van der Waals surface area contributed by atoms with Crippen LogP contribution in [0.1, 0.15) is 48.9 Å². The molecule has 1 amide bonds. The van der Waals surface area contributed by atoms with Crippen LogP contribution in [0, 0.1) is 5.82 Å². The van der Waals surface area contributed by atoms with Gasteiger partial charge in [0, 0.05) is 19.0 Å². The minimum absolute atomic E-state index is 0.0273. The second-order valence-corrected chi connectivity index (χ2v) is 9.61. The Morgan fingerprint density at radius 2 is 1.90 bits per heavy atom. The van der Waals surface area contributed by atoms with Crippen LogP contribution in [0.3, 0.4) is 0 Å². The summed E-state index contributed by atoms with van der Waals surface area (Å²) >= 11 is 0. The van der Waals surface area contributed by atoms with Gasteiger partial charge in [-0.1, -0.05) is 18.2 Å². The van der Waals surface area contributed by atoms with Crippen LogP contribution in [-0.2, 0) is 27.7 Å². The number of nitrogens with zero attached hydrogens (tertiary/aromatic N) is 1. The van der Waals surface area contributed by atoms with Crippen LogP contribution in [0.4, 0.5) is 4.39 Å². The first-order valence-electron chi connectivity index (χ1n) is 10.0. The molecular formula is C22H25FN2O3S. The van der Waals surface area contributed by atoms with E-state index in [-0.39, 0.29) is 28.7 Å². The monoisotopic (exact) mass is 416 g/mol. The number of halogens is 1. The Morgan fingerprint density at radius 3 is 2.59 bits per heavy atom. The summed E-state index contributed by atoms with van der Waals surface area (Å²) in [6, 6.07) is 11.4. The Labute approximate surface area is 171 Å². The molecule has 0 spiro atoms. The maximum Gasteiger partial charge on any atom is 0.240 e. The van der Waals surface area contributed by atoms with Gasteiger partial charge in [0.2, 0.25) is 15.9 Å². The third-order valence-corrected chi connectivity index (χ3v) is 7.26. The molecule has 1 heterocycles. The molecule has 1 fully saturated rings. The van der Waals surface area contributed by atoms with Crippen LogP contribution in [-0.4, -0.2) is 31.8 Å². The highest BCUT2D eigenvalue weighted by atomic mass is 32.2. The van der Waals surface area contributed by atoms with E-state index in [0.717, 1.165) is 36.0 Å². The number of nitrogens with one attached hydrogen (secondary N) is 1. The van der Waals surface area contributed by atoms with Crippen LogP contribution >= 0.6 is 0 Å². The molecule has 29 heavy (non-hydrogen) atoms. The van der Waals surface area contributed by atoms with E-state index >= 15 is 0 Å². The third-order valence-electron chi connectivity index (χ3n) is 5.73. The molecule has 2 aliphatic rings. The summed E-state index contributed by atoms with van der Waals surface area (Å²) in [6.07, 6.45) is 3.39. The molecule has 1 aliphatic heterocycles. The largest absolute Gasteiger partial charge is 0.336 e. The van der Waals surface area contributed by atoms with Gasteiger partial charge in [-0.05, 0) is 73.6 Å². The van der Waals surface area contributed by atoms with Gasteiger partial charge in [0.25, 0.3) is 0 Å². The van der Waals surface area contributed by atoms with E-state index in [1.54, 1.807) is 35.2 Å². The Balaban J connectivity index is 1.37. The number of fused-ring (bicyclic) bond motifs is 1. The molecule has 1 atom stereocenters. The summed E-state index contributed by atoms with van der Waals surface area (Å²) in [5.41, 5.74) is 2.89. The molecule has 0 saturated heterocycles. The van der Waals surface area contributed by atoms with Crippen molar-refractivity contribution in [3.05, 3.63) is 65.0 Å². The molecule has 0 radical (unpaired) electrons. The van der Waals surface area contributed by atoms with Crippen molar-refractivity contribution in [3.8, 4) is 0 Å². The molecular weight excluding hydrogens is 391 g/mol. The van der Waals surface area contributed by atoms with Gasteiger partial charge in [0.15, 0.2) is 0 Å². The van der Waals surface area contributed by atoms with Crippen molar-refractivity contribution in [2.75, 3.05) is 6.54 Å². The van der Waals surface area contributed by atoms with E-state index in [1.807, 2.05) is 6.92 Å². The summed E-state index contributed by atoms with van der Waals surface area (Å²) in [7, 11) is -3.46. The van der Waals surface area contributed by atoms with Crippen molar-refractivity contribution in [1.29, 1.82) is 0 Å². The zero-order valence-electron chi connectivity index (χ0n) is 16.4. The summed E-state index contributed by atoms with van der Waals surface area (Å²) in [4.78, 5) is 14.8. The number of amides is 1. The van der Waals surface area contributed by atoms with Crippen LogP contribution in [0.5, 0.6) is 0 Å². The Morgan fingerprint density at radius 1 is 1.17 bits per heavy atom. The molecule has 2 aromatic rings. The lowest BCUT2D eigenvalue weighted by molar-refractivity contribution is -0.133. The zero-order valence-corrected chi connectivity index (χ0v) is 17.2. The number of rotatable bonds is 6. The molecule has 7 heteroatoms. The Bertz CT molecular complexity index is 1020. The number of benzene rings is 2. The fraction of sp³-hybridized carbons (Fsp3) is 0.409. The molecule has 0 aromatic heterocycles. The quantitative estimate of drug-likeness (QED) is 0.785. The van der Waals surface area contributed by atoms with Crippen molar-refractivity contribution in [1.82, 2.24) is 9.62 Å². The molecule has 2 aromatic carbocycles. The van der Waals surface area contributed by atoms with Crippen molar-refractivity contribution in [2.45, 2.75) is 56.0 Å². The number of hydrogen-bond donors (Lipinski definition) is 1. The average Bonchev–Trinajstić information content (AvgIpc) is 3.50. The van der Waals surface area contributed by atoms with E-state index in [1.165, 1.54) is 12.1 Å². The van der Waals surface area contributed by atoms with E-state index in [9.17, 15) is 17.6 Å². The molecule has 4 rings (SSSR count).